The third kappa shape index (κ3) is 4.55. The Hall–Kier alpha value is -1.39. The Balaban J connectivity index is 1.70. The summed E-state index contributed by atoms with van der Waals surface area (Å²) >= 11 is 0. The van der Waals surface area contributed by atoms with Gasteiger partial charge in [-0.15, -0.1) is 0 Å². The number of rotatable bonds is 6. The second kappa shape index (κ2) is 7.57. The van der Waals surface area contributed by atoms with Crippen LogP contribution in [0.25, 0.3) is 0 Å². The molecule has 1 heterocycles. The van der Waals surface area contributed by atoms with Gasteiger partial charge in [-0.2, -0.15) is 0 Å². The number of primary amides is 1. The molecule has 0 spiro atoms. The second-order valence-electron chi connectivity index (χ2n) is 5.99. The molecule has 0 aromatic heterocycles. The van der Waals surface area contributed by atoms with Crippen LogP contribution in [0.1, 0.15) is 24.5 Å². The molecule has 1 aliphatic heterocycles. The van der Waals surface area contributed by atoms with Gasteiger partial charge in [0.15, 0.2) is 0 Å². The number of nitrogens with two attached hydrogens (primary N) is 1. The maximum absolute atomic E-state index is 11.2. The maximum atomic E-state index is 11.2. The fraction of sp³-hybridized carbons (Fsp3) is 0.588. The van der Waals surface area contributed by atoms with E-state index in [1.807, 2.05) is 6.92 Å². The molecule has 1 amide bonds. The first-order valence-corrected chi connectivity index (χ1v) is 7.88. The first-order valence-electron chi connectivity index (χ1n) is 7.88. The van der Waals surface area contributed by atoms with Crippen LogP contribution >= 0.6 is 0 Å². The predicted molar refractivity (Wildman–Crippen MR) is 86.2 cm³/mol. The number of hydrogen-bond acceptors (Lipinski definition) is 3. The summed E-state index contributed by atoms with van der Waals surface area (Å²) in [4.78, 5) is 15.9. The van der Waals surface area contributed by atoms with Crippen molar-refractivity contribution < 1.29 is 4.79 Å². The molecule has 2 rings (SSSR count). The smallest absolute Gasteiger partial charge is 0.234 e. The van der Waals surface area contributed by atoms with Gasteiger partial charge in [0.2, 0.25) is 5.91 Å². The number of amides is 1. The molecule has 4 heteroatoms. The Morgan fingerprint density at radius 2 is 1.90 bits per heavy atom. The van der Waals surface area contributed by atoms with Gasteiger partial charge in [0.1, 0.15) is 0 Å². The standard InChI is InChI=1S/C17H27N3O/c1-14-6-3-4-7-16(14)8-5-9-19-10-12-20(13-11-19)15(2)17(18)21/h3-4,6-7,15H,5,8-13H2,1-2H3,(H2,18,21). The fourth-order valence-corrected chi connectivity index (χ4v) is 2.94. The van der Waals surface area contributed by atoms with Crippen LogP contribution in [0, 0.1) is 6.92 Å². The summed E-state index contributed by atoms with van der Waals surface area (Å²) in [5.41, 5.74) is 8.21. The highest BCUT2D eigenvalue weighted by atomic mass is 16.1. The van der Waals surface area contributed by atoms with Crippen LogP contribution in [0.2, 0.25) is 0 Å². The maximum Gasteiger partial charge on any atom is 0.234 e. The van der Waals surface area contributed by atoms with Crippen molar-refractivity contribution in [2.75, 3.05) is 32.7 Å². The van der Waals surface area contributed by atoms with Gasteiger partial charge < -0.3 is 10.6 Å². The summed E-state index contributed by atoms with van der Waals surface area (Å²) in [6.07, 6.45) is 2.33. The quantitative estimate of drug-likeness (QED) is 0.861. The summed E-state index contributed by atoms with van der Waals surface area (Å²) < 4.78 is 0. The van der Waals surface area contributed by atoms with Gasteiger partial charge in [0, 0.05) is 26.2 Å². The molecule has 4 nitrogen and oxygen atoms in total. The van der Waals surface area contributed by atoms with E-state index in [0.717, 1.165) is 39.1 Å². The van der Waals surface area contributed by atoms with Crippen LogP contribution in [0.4, 0.5) is 0 Å². The molecular formula is C17H27N3O. The topological polar surface area (TPSA) is 49.6 Å². The van der Waals surface area contributed by atoms with Crippen molar-refractivity contribution in [3.8, 4) is 0 Å². The molecule has 0 radical (unpaired) electrons. The predicted octanol–water partition coefficient (Wildman–Crippen LogP) is 1.42. The van der Waals surface area contributed by atoms with Gasteiger partial charge in [-0.1, -0.05) is 24.3 Å². The van der Waals surface area contributed by atoms with Crippen LogP contribution in [0.15, 0.2) is 24.3 Å². The highest BCUT2D eigenvalue weighted by Crippen LogP contribution is 2.11. The molecule has 21 heavy (non-hydrogen) atoms. The summed E-state index contributed by atoms with van der Waals surface area (Å²) in [6.45, 7) is 9.16. The van der Waals surface area contributed by atoms with Gasteiger partial charge in [-0.25, -0.2) is 0 Å². The average molecular weight is 289 g/mol. The first kappa shape index (κ1) is 16.0. The van der Waals surface area contributed by atoms with Gasteiger partial charge in [-0.3, -0.25) is 9.69 Å². The molecule has 1 saturated heterocycles. The zero-order chi connectivity index (χ0) is 15.2. The Labute approximate surface area is 127 Å². The van der Waals surface area contributed by atoms with E-state index in [2.05, 4.69) is 41.0 Å². The fourth-order valence-electron chi connectivity index (χ4n) is 2.94. The van der Waals surface area contributed by atoms with Crippen LogP contribution in [-0.2, 0) is 11.2 Å². The van der Waals surface area contributed by atoms with E-state index in [4.69, 9.17) is 5.73 Å². The van der Waals surface area contributed by atoms with E-state index >= 15 is 0 Å². The molecule has 0 bridgehead atoms. The number of aryl methyl sites for hydroxylation is 2. The summed E-state index contributed by atoms with van der Waals surface area (Å²) in [5, 5.41) is 0. The van der Waals surface area contributed by atoms with Crippen molar-refractivity contribution in [1.82, 2.24) is 9.80 Å². The van der Waals surface area contributed by atoms with E-state index in [1.165, 1.54) is 17.5 Å². The third-order valence-corrected chi connectivity index (χ3v) is 4.55. The SMILES string of the molecule is Cc1ccccc1CCCN1CCN(C(C)C(N)=O)CC1. The van der Waals surface area contributed by atoms with Gasteiger partial charge in [-0.05, 0) is 44.4 Å². The molecular weight excluding hydrogens is 262 g/mol. The number of carbonyl (C=O) groups is 1. The third-order valence-electron chi connectivity index (χ3n) is 4.55. The number of hydrogen-bond donors (Lipinski definition) is 1. The monoisotopic (exact) mass is 289 g/mol. The van der Waals surface area contributed by atoms with E-state index < -0.39 is 0 Å². The molecule has 0 saturated carbocycles. The normalized spacial score (nSPS) is 18.6. The van der Waals surface area contributed by atoms with E-state index in [1.54, 1.807) is 0 Å². The molecule has 1 atom stereocenters. The first-order chi connectivity index (χ1) is 10.1. The largest absolute Gasteiger partial charge is 0.368 e. The van der Waals surface area contributed by atoms with Crippen molar-refractivity contribution in [3.05, 3.63) is 35.4 Å². The molecule has 1 aliphatic rings. The number of piperazine rings is 1. The Morgan fingerprint density at radius 3 is 2.52 bits per heavy atom. The molecule has 1 aromatic carbocycles. The Morgan fingerprint density at radius 1 is 1.24 bits per heavy atom. The highest BCUT2D eigenvalue weighted by Gasteiger charge is 2.23. The molecule has 1 aromatic rings. The Kier molecular flexibility index (Phi) is 5.76. The molecule has 1 unspecified atom stereocenters. The summed E-state index contributed by atoms with van der Waals surface area (Å²) in [7, 11) is 0. The lowest BCUT2D eigenvalue weighted by molar-refractivity contribution is -0.123. The number of benzene rings is 1. The van der Waals surface area contributed by atoms with Gasteiger partial charge in [0.05, 0.1) is 6.04 Å². The van der Waals surface area contributed by atoms with Crippen molar-refractivity contribution in [3.63, 3.8) is 0 Å². The zero-order valence-corrected chi connectivity index (χ0v) is 13.2. The van der Waals surface area contributed by atoms with E-state index in [-0.39, 0.29) is 11.9 Å². The number of nitrogens with zero attached hydrogens (tertiary/aromatic N) is 2. The van der Waals surface area contributed by atoms with Gasteiger partial charge in [0.25, 0.3) is 0 Å². The molecule has 2 N–H and O–H groups in total. The zero-order valence-electron chi connectivity index (χ0n) is 13.2. The summed E-state index contributed by atoms with van der Waals surface area (Å²) in [5.74, 6) is -0.219. The van der Waals surface area contributed by atoms with Crippen molar-refractivity contribution >= 4 is 5.91 Å². The highest BCUT2D eigenvalue weighted by molar-refractivity contribution is 5.79. The molecule has 1 fully saturated rings. The van der Waals surface area contributed by atoms with Crippen molar-refractivity contribution in [2.45, 2.75) is 32.7 Å². The minimum absolute atomic E-state index is 0.140. The lowest BCUT2D eigenvalue weighted by Gasteiger charge is -2.36. The molecule has 116 valence electrons. The van der Waals surface area contributed by atoms with Gasteiger partial charge >= 0.3 is 0 Å². The second-order valence-corrected chi connectivity index (χ2v) is 5.99. The minimum Gasteiger partial charge on any atom is -0.368 e. The Bertz CT molecular complexity index is 467. The van der Waals surface area contributed by atoms with Crippen LogP contribution < -0.4 is 5.73 Å². The van der Waals surface area contributed by atoms with E-state index in [0.29, 0.717) is 0 Å². The number of carbonyl (C=O) groups excluding carboxylic acids is 1. The summed E-state index contributed by atoms with van der Waals surface area (Å²) in [6, 6.07) is 8.48. The van der Waals surface area contributed by atoms with Crippen molar-refractivity contribution in [2.24, 2.45) is 5.73 Å². The van der Waals surface area contributed by atoms with E-state index in [9.17, 15) is 4.79 Å². The minimum atomic E-state index is -0.219. The van der Waals surface area contributed by atoms with Crippen LogP contribution in [0.3, 0.4) is 0 Å². The lowest BCUT2D eigenvalue weighted by atomic mass is 10.0. The molecule has 0 aliphatic carbocycles. The van der Waals surface area contributed by atoms with Crippen molar-refractivity contribution in [1.29, 1.82) is 0 Å². The lowest BCUT2D eigenvalue weighted by Crippen LogP contribution is -2.53. The average Bonchev–Trinajstić information content (AvgIpc) is 2.49. The van der Waals surface area contributed by atoms with Crippen LogP contribution in [-0.4, -0.2) is 54.5 Å². The van der Waals surface area contributed by atoms with Crippen LogP contribution in [0.5, 0.6) is 0 Å².